The summed E-state index contributed by atoms with van der Waals surface area (Å²) in [6.07, 6.45) is -0.992. The number of ether oxygens (including phenoxy) is 2. The molecular formula is C26H28N2O5S. The first-order valence-corrected chi connectivity index (χ1v) is 12.5. The van der Waals surface area contributed by atoms with Crippen molar-refractivity contribution in [3.63, 3.8) is 0 Å². The molecule has 1 amide bonds. The number of hydrogen-bond donors (Lipinski definition) is 1. The Labute approximate surface area is 200 Å². The number of anilines is 1. The summed E-state index contributed by atoms with van der Waals surface area (Å²) in [5, 5.41) is 2.79. The van der Waals surface area contributed by atoms with Crippen molar-refractivity contribution >= 4 is 21.6 Å². The van der Waals surface area contributed by atoms with Crippen LogP contribution >= 0.6 is 0 Å². The highest BCUT2D eigenvalue weighted by Crippen LogP contribution is 2.37. The number of sulfonamides is 1. The summed E-state index contributed by atoms with van der Waals surface area (Å²) in [6.45, 7) is 6.17. The van der Waals surface area contributed by atoms with Crippen molar-refractivity contribution in [3.8, 4) is 11.5 Å². The Kier molecular flexibility index (Phi) is 6.79. The Morgan fingerprint density at radius 2 is 1.71 bits per heavy atom. The number of carbonyl (C=O) groups is 1. The van der Waals surface area contributed by atoms with Crippen LogP contribution in [0.2, 0.25) is 0 Å². The molecule has 1 aliphatic heterocycles. The molecule has 0 spiro atoms. The van der Waals surface area contributed by atoms with Gasteiger partial charge in [-0.15, -0.1) is 0 Å². The largest absolute Gasteiger partial charge is 0.492 e. The molecule has 3 aromatic rings. The summed E-state index contributed by atoms with van der Waals surface area (Å²) in [6, 6.07) is 19.6. The van der Waals surface area contributed by atoms with Gasteiger partial charge >= 0.3 is 0 Å². The number of hydrogen-bond acceptors (Lipinski definition) is 5. The monoisotopic (exact) mass is 480 g/mol. The van der Waals surface area contributed by atoms with E-state index in [4.69, 9.17) is 9.47 Å². The fourth-order valence-electron chi connectivity index (χ4n) is 3.72. The van der Waals surface area contributed by atoms with Crippen LogP contribution < -0.4 is 19.1 Å². The number of nitrogens with one attached hydrogen (secondary N) is 1. The summed E-state index contributed by atoms with van der Waals surface area (Å²) in [4.78, 5) is 13.1. The minimum absolute atomic E-state index is 0.128. The molecule has 1 heterocycles. The highest BCUT2D eigenvalue weighted by molar-refractivity contribution is 7.92. The molecule has 1 N–H and O–H groups in total. The molecule has 0 aliphatic carbocycles. The molecule has 0 saturated heterocycles. The second kappa shape index (κ2) is 9.77. The van der Waals surface area contributed by atoms with Gasteiger partial charge in [0, 0.05) is 0 Å². The molecule has 0 bridgehead atoms. The third kappa shape index (κ3) is 5.17. The highest BCUT2D eigenvalue weighted by atomic mass is 32.2. The van der Waals surface area contributed by atoms with E-state index in [0.29, 0.717) is 11.4 Å². The number of amides is 1. The van der Waals surface area contributed by atoms with Gasteiger partial charge in [-0.3, -0.25) is 9.10 Å². The molecule has 7 nitrogen and oxygen atoms in total. The summed E-state index contributed by atoms with van der Waals surface area (Å²) in [5.41, 5.74) is 3.36. The van der Waals surface area contributed by atoms with Gasteiger partial charge in [0.2, 0.25) is 0 Å². The average Bonchev–Trinajstić information content (AvgIpc) is 2.81. The molecule has 34 heavy (non-hydrogen) atoms. The van der Waals surface area contributed by atoms with Crippen molar-refractivity contribution in [1.29, 1.82) is 0 Å². The fraction of sp³-hybridized carbons (Fsp3) is 0.269. The quantitative estimate of drug-likeness (QED) is 0.521. The molecule has 0 saturated carbocycles. The van der Waals surface area contributed by atoms with Gasteiger partial charge in [0.15, 0.2) is 6.10 Å². The molecular weight excluding hydrogens is 452 g/mol. The number of carbonyl (C=O) groups excluding carboxylic acids is 1. The van der Waals surface area contributed by atoms with Crippen LogP contribution in [0.25, 0.3) is 0 Å². The van der Waals surface area contributed by atoms with Crippen molar-refractivity contribution in [2.24, 2.45) is 0 Å². The van der Waals surface area contributed by atoms with E-state index >= 15 is 0 Å². The Morgan fingerprint density at radius 3 is 2.44 bits per heavy atom. The van der Waals surface area contributed by atoms with Crippen LogP contribution in [0.3, 0.4) is 0 Å². The zero-order chi connectivity index (χ0) is 24.3. The zero-order valence-corrected chi connectivity index (χ0v) is 20.3. The van der Waals surface area contributed by atoms with Crippen LogP contribution in [0.1, 0.15) is 16.7 Å². The van der Waals surface area contributed by atoms with E-state index in [9.17, 15) is 13.2 Å². The van der Waals surface area contributed by atoms with E-state index < -0.39 is 22.0 Å². The number of aryl methyl sites for hydroxylation is 3. The van der Waals surface area contributed by atoms with Gasteiger partial charge in [-0.05, 0) is 68.3 Å². The minimum Gasteiger partial charge on any atom is -0.492 e. The third-order valence-electron chi connectivity index (χ3n) is 5.55. The summed E-state index contributed by atoms with van der Waals surface area (Å²) < 4.78 is 39.8. The first-order valence-electron chi connectivity index (χ1n) is 11.1. The Bertz CT molecular complexity index is 1290. The smallest absolute Gasteiger partial charge is 0.264 e. The number of rotatable bonds is 7. The summed E-state index contributed by atoms with van der Waals surface area (Å²) in [7, 11) is -3.89. The highest BCUT2D eigenvalue weighted by Gasteiger charge is 2.37. The fourth-order valence-corrected chi connectivity index (χ4v) is 5.20. The van der Waals surface area contributed by atoms with Crippen LogP contribution in [0.15, 0.2) is 71.6 Å². The maximum atomic E-state index is 13.5. The first-order chi connectivity index (χ1) is 16.2. The Morgan fingerprint density at radius 1 is 1.00 bits per heavy atom. The van der Waals surface area contributed by atoms with Gasteiger partial charge in [0.05, 0.1) is 23.7 Å². The maximum Gasteiger partial charge on any atom is 0.264 e. The molecule has 4 rings (SSSR count). The normalized spacial score (nSPS) is 15.3. The van der Waals surface area contributed by atoms with Crippen molar-refractivity contribution in [3.05, 3.63) is 83.4 Å². The molecule has 1 aliphatic rings. The van der Waals surface area contributed by atoms with Gasteiger partial charge < -0.3 is 14.8 Å². The standard InChI is InChI=1S/C26H28N2O5S/c1-18-7-10-22(11-8-18)34(30,31)28-17-25(33-24-16-20(3)9-12-23(24)28)26(29)27-13-14-32-21-6-4-5-19(2)15-21/h4-12,15-16,25H,13-14,17H2,1-3H3,(H,27,29)/t25-/m1/s1. The van der Waals surface area contributed by atoms with Crippen molar-refractivity contribution in [1.82, 2.24) is 5.32 Å². The van der Waals surface area contributed by atoms with Gasteiger partial charge in [-0.1, -0.05) is 35.9 Å². The van der Waals surface area contributed by atoms with Crippen molar-refractivity contribution in [2.45, 2.75) is 31.8 Å². The zero-order valence-electron chi connectivity index (χ0n) is 19.4. The molecule has 1 atom stereocenters. The van der Waals surface area contributed by atoms with E-state index in [-0.39, 0.29) is 24.6 Å². The predicted molar refractivity (Wildman–Crippen MR) is 131 cm³/mol. The molecule has 178 valence electrons. The van der Waals surface area contributed by atoms with Crippen LogP contribution in [0.5, 0.6) is 11.5 Å². The van der Waals surface area contributed by atoms with Crippen molar-refractivity contribution < 1.29 is 22.7 Å². The minimum atomic E-state index is -3.89. The van der Waals surface area contributed by atoms with E-state index in [1.165, 1.54) is 4.31 Å². The predicted octanol–water partition coefficient (Wildman–Crippen LogP) is 3.76. The molecule has 0 unspecified atom stereocenters. The second-order valence-corrected chi connectivity index (χ2v) is 10.2. The topological polar surface area (TPSA) is 84.9 Å². The van der Waals surface area contributed by atoms with E-state index in [1.54, 1.807) is 36.4 Å². The van der Waals surface area contributed by atoms with Crippen LogP contribution in [-0.4, -0.2) is 40.1 Å². The van der Waals surface area contributed by atoms with Crippen molar-refractivity contribution in [2.75, 3.05) is 24.0 Å². The van der Waals surface area contributed by atoms with E-state index in [1.807, 2.05) is 51.1 Å². The lowest BCUT2D eigenvalue weighted by atomic mass is 10.1. The van der Waals surface area contributed by atoms with E-state index in [0.717, 1.165) is 22.4 Å². The Balaban J connectivity index is 1.49. The second-order valence-electron chi connectivity index (χ2n) is 8.38. The number of nitrogens with zero attached hydrogens (tertiary/aromatic N) is 1. The van der Waals surface area contributed by atoms with Crippen LogP contribution in [-0.2, 0) is 14.8 Å². The molecule has 0 radical (unpaired) electrons. The first kappa shape index (κ1) is 23.6. The number of fused-ring (bicyclic) bond motifs is 1. The third-order valence-corrected chi connectivity index (χ3v) is 7.34. The maximum absolute atomic E-state index is 13.5. The van der Waals surface area contributed by atoms with Crippen LogP contribution in [0.4, 0.5) is 5.69 Å². The number of benzene rings is 3. The SMILES string of the molecule is Cc1ccc(S(=O)(=O)N2C[C@H](C(=O)NCCOc3cccc(C)c3)Oc3cc(C)ccc32)cc1. The van der Waals surface area contributed by atoms with Gasteiger partial charge in [0.1, 0.15) is 18.1 Å². The molecule has 3 aromatic carbocycles. The Hall–Kier alpha value is -3.52. The summed E-state index contributed by atoms with van der Waals surface area (Å²) in [5.74, 6) is 0.685. The van der Waals surface area contributed by atoms with Gasteiger partial charge in [-0.2, -0.15) is 0 Å². The molecule has 0 fully saturated rings. The lowest BCUT2D eigenvalue weighted by molar-refractivity contribution is -0.127. The average molecular weight is 481 g/mol. The molecule has 0 aromatic heterocycles. The van der Waals surface area contributed by atoms with Crippen LogP contribution in [0, 0.1) is 20.8 Å². The van der Waals surface area contributed by atoms with Gasteiger partial charge in [-0.25, -0.2) is 8.42 Å². The van der Waals surface area contributed by atoms with E-state index in [2.05, 4.69) is 5.32 Å². The van der Waals surface area contributed by atoms with Gasteiger partial charge in [0.25, 0.3) is 15.9 Å². The lowest BCUT2D eigenvalue weighted by Gasteiger charge is -2.35. The summed E-state index contributed by atoms with van der Waals surface area (Å²) >= 11 is 0. The molecule has 8 heteroatoms. The lowest BCUT2D eigenvalue weighted by Crippen LogP contribution is -2.51.